The molecule has 0 bridgehead atoms. The van der Waals surface area contributed by atoms with Gasteiger partial charge in [0.25, 0.3) is 5.91 Å². The number of nitrogens with zero attached hydrogens (tertiary/aromatic N) is 1. The summed E-state index contributed by atoms with van der Waals surface area (Å²) in [5.74, 6) is -0.850. The third kappa shape index (κ3) is 4.77. The van der Waals surface area contributed by atoms with Gasteiger partial charge in [0.1, 0.15) is 5.82 Å². The number of anilines is 1. The summed E-state index contributed by atoms with van der Waals surface area (Å²) < 4.78 is 13.1. The molecule has 1 heterocycles. The minimum Gasteiger partial charge on any atom is -0.338 e. The number of benzene rings is 2. The smallest absolute Gasteiger partial charge is 0.253 e. The highest BCUT2D eigenvalue weighted by molar-refractivity contribution is 5.96. The van der Waals surface area contributed by atoms with Crippen molar-refractivity contribution in [2.75, 3.05) is 18.4 Å². The van der Waals surface area contributed by atoms with E-state index < -0.39 is 0 Å². The number of rotatable bonds is 3. The number of piperidine rings is 1. The van der Waals surface area contributed by atoms with Gasteiger partial charge in [0.2, 0.25) is 5.91 Å². The molecule has 28 heavy (non-hydrogen) atoms. The fourth-order valence-electron chi connectivity index (χ4n) is 3.45. The SMILES string of the molecule is CC(C)(C)c1ccc(NC(=O)C2CCCN(C(=O)c3ccc(F)cc3)C2)cc1. The van der Waals surface area contributed by atoms with Crippen LogP contribution in [0, 0.1) is 11.7 Å². The maximum absolute atomic E-state index is 13.1. The number of amides is 2. The van der Waals surface area contributed by atoms with Gasteiger partial charge >= 0.3 is 0 Å². The Labute approximate surface area is 165 Å². The lowest BCUT2D eigenvalue weighted by Crippen LogP contribution is -2.43. The van der Waals surface area contributed by atoms with E-state index in [-0.39, 0.29) is 29.0 Å². The zero-order chi connectivity index (χ0) is 20.3. The molecule has 5 heteroatoms. The summed E-state index contributed by atoms with van der Waals surface area (Å²) in [5.41, 5.74) is 2.48. The van der Waals surface area contributed by atoms with Gasteiger partial charge in [-0.25, -0.2) is 4.39 Å². The minimum atomic E-state index is -0.370. The van der Waals surface area contributed by atoms with Crippen molar-refractivity contribution in [3.63, 3.8) is 0 Å². The average Bonchev–Trinajstić information content (AvgIpc) is 2.68. The summed E-state index contributed by atoms with van der Waals surface area (Å²) >= 11 is 0. The molecule has 1 aliphatic heterocycles. The topological polar surface area (TPSA) is 49.4 Å². The molecule has 0 aromatic heterocycles. The maximum Gasteiger partial charge on any atom is 0.253 e. The van der Waals surface area contributed by atoms with Crippen molar-refractivity contribution < 1.29 is 14.0 Å². The Morgan fingerprint density at radius 2 is 1.68 bits per heavy atom. The summed E-state index contributed by atoms with van der Waals surface area (Å²) in [6.07, 6.45) is 1.52. The van der Waals surface area contributed by atoms with Crippen molar-refractivity contribution in [1.29, 1.82) is 0 Å². The summed E-state index contributed by atoms with van der Waals surface area (Å²) in [6.45, 7) is 7.43. The van der Waals surface area contributed by atoms with E-state index in [1.165, 1.54) is 29.8 Å². The second-order valence-corrected chi connectivity index (χ2v) is 8.41. The molecule has 1 unspecified atom stereocenters. The molecule has 0 spiro atoms. The predicted molar refractivity (Wildman–Crippen MR) is 109 cm³/mol. The highest BCUT2D eigenvalue weighted by Crippen LogP contribution is 2.25. The average molecular weight is 382 g/mol. The quantitative estimate of drug-likeness (QED) is 0.842. The van der Waals surface area contributed by atoms with E-state index in [4.69, 9.17) is 0 Å². The summed E-state index contributed by atoms with van der Waals surface area (Å²) in [5, 5.41) is 2.97. The number of halogens is 1. The van der Waals surface area contributed by atoms with Crippen LogP contribution in [0.1, 0.15) is 49.5 Å². The summed E-state index contributed by atoms with van der Waals surface area (Å²) in [6, 6.07) is 13.4. The number of carbonyl (C=O) groups is 2. The van der Waals surface area contributed by atoms with Crippen LogP contribution >= 0.6 is 0 Å². The lowest BCUT2D eigenvalue weighted by Gasteiger charge is -2.32. The van der Waals surface area contributed by atoms with Crippen LogP contribution in [0.25, 0.3) is 0 Å². The van der Waals surface area contributed by atoms with E-state index >= 15 is 0 Å². The molecule has 2 aromatic carbocycles. The van der Waals surface area contributed by atoms with Gasteiger partial charge in [-0.05, 0) is 60.2 Å². The highest BCUT2D eigenvalue weighted by atomic mass is 19.1. The van der Waals surface area contributed by atoms with E-state index in [1.54, 1.807) is 4.90 Å². The van der Waals surface area contributed by atoms with Gasteiger partial charge in [-0.2, -0.15) is 0 Å². The molecule has 0 saturated carbocycles. The van der Waals surface area contributed by atoms with Gasteiger partial charge in [-0.1, -0.05) is 32.9 Å². The van der Waals surface area contributed by atoms with Crippen LogP contribution in [0.4, 0.5) is 10.1 Å². The van der Waals surface area contributed by atoms with E-state index in [1.807, 2.05) is 24.3 Å². The standard InChI is InChI=1S/C23H27FN2O2/c1-23(2,3)18-8-12-20(13-9-18)25-21(27)17-5-4-14-26(15-17)22(28)16-6-10-19(24)11-7-16/h6-13,17H,4-5,14-15H2,1-3H3,(H,25,27). The molecule has 2 amide bonds. The monoisotopic (exact) mass is 382 g/mol. The molecule has 0 radical (unpaired) electrons. The van der Waals surface area contributed by atoms with Gasteiger partial charge < -0.3 is 10.2 Å². The van der Waals surface area contributed by atoms with Gasteiger partial charge in [-0.3, -0.25) is 9.59 Å². The number of likely N-dealkylation sites (tertiary alicyclic amines) is 1. The first-order valence-electron chi connectivity index (χ1n) is 9.70. The molecule has 3 rings (SSSR count). The van der Waals surface area contributed by atoms with Crippen molar-refractivity contribution in [3.8, 4) is 0 Å². The van der Waals surface area contributed by atoms with Gasteiger partial charge in [0, 0.05) is 24.3 Å². The maximum atomic E-state index is 13.1. The van der Waals surface area contributed by atoms with Crippen molar-refractivity contribution in [1.82, 2.24) is 4.90 Å². The zero-order valence-electron chi connectivity index (χ0n) is 16.7. The van der Waals surface area contributed by atoms with Crippen LogP contribution in [0.5, 0.6) is 0 Å². The van der Waals surface area contributed by atoms with Crippen molar-refractivity contribution in [2.24, 2.45) is 5.92 Å². The van der Waals surface area contributed by atoms with E-state index in [2.05, 4.69) is 26.1 Å². The van der Waals surface area contributed by atoms with Crippen LogP contribution in [0.3, 0.4) is 0 Å². The molecule has 4 nitrogen and oxygen atoms in total. The fourth-order valence-corrected chi connectivity index (χ4v) is 3.45. The van der Waals surface area contributed by atoms with E-state index in [9.17, 15) is 14.0 Å². The van der Waals surface area contributed by atoms with E-state index in [0.29, 0.717) is 18.7 Å². The van der Waals surface area contributed by atoms with Crippen LogP contribution in [0.2, 0.25) is 0 Å². The van der Waals surface area contributed by atoms with Gasteiger partial charge in [-0.15, -0.1) is 0 Å². The Kier molecular flexibility index (Phi) is 5.82. The molecule has 1 fully saturated rings. The third-order valence-corrected chi connectivity index (χ3v) is 5.19. The normalized spacial score (nSPS) is 17.3. The first kappa shape index (κ1) is 20.1. The Bertz CT molecular complexity index is 838. The molecule has 1 aliphatic rings. The number of hydrogen-bond donors (Lipinski definition) is 1. The second kappa shape index (κ2) is 8.13. The van der Waals surface area contributed by atoms with Gasteiger partial charge in [0.05, 0.1) is 5.92 Å². The largest absolute Gasteiger partial charge is 0.338 e. The molecular formula is C23H27FN2O2. The first-order valence-corrected chi connectivity index (χ1v) is 9.70. The van der Waals surface area contributed by atoms with Crippen molar-refractivity contribution >= 4 is 17.5 Å². The molecule has 1 atom stereocenters. The number of hydrogen-bond acceptors (Lipinski definition) is 2. The van der Waals surface area contributed by atoms with Crippen LogP contribution in [0.15, 0.2) is 48.5 Å². The second-order valence-electron chi connectivity index (χ2n) is 8.41. The molecular weight excluding hydrogens is 355 g/mol. The molecule has 1 saturated heterocycles. The predicted octanol–water partition coefficient (Wildman–Crippen LogP) is 4.61. The molecule has 2 aromatic rings. The number of nitrogens with one attached hydrogen (secondary N) is 1. The van der Waals surface area contributed by atoms with Crippen molar-refractivity contribution in [3.05, 3.63) is 65.5 Å². The van der Waals surface area contributed by atoms with E-state index in [0.717, 1.165) is 18.5 Å². The highest BCUT2D eigenvalue weighted by Gasteiger charge is 2.29. The number of carbonyl (C=O) groups excluding carboxylic acids is 2. The van der Waals surface area contributed by atoms with Crippen LogP contribution < -0.4 is 5.32 Å². The van der Waals surface area contributed by atoms with Gasteiger partial charge in [0.15, 0.2) is 0 Å². The van der Waals surface area contributed by atoms with Crippen LogP contribution in [-0.2, 0) is 10.2 Å². The Balaban J connectivity index is 1.62. The third-order valence-electron chi connectivity index (χ3n) is 5.19. The molecule has 1 N–H and O–H groups in total. The lowest BCUT2D eigenvalue weighted by atomic mass is 9.87. The zero-order valence-corrected chi connectivity index (χ0v) is 16.7. The Morgan fingerprint density at radius 1 is 1.04 bits per heavy atom. The molecule has 0 aliphatic carbocycles. The first-order chi connectivity index (χ1) is 13.2. The Hall–Kier alpha value is -2.69. The summed E-state index contributed by atoms with van der Waals surface area (Å²) in [4.78, 5) is 27.0. The van der Waals surface area contributed by atoms with Crippen LogP contribution in [-0.4, -0.2) is 29.8 Å². The Morgan fingerprint density at radius 3 is 2.29 bits per heavy atom. The summed E-state index contributed by atoms with van der Waals surface area (Å²) in [7, 11) is 0. The minimum absolute atomic E-state index is 0.0626. The van der Waals surface area contributed by atoms with Crippen molar-refractivity contribution in [2.45, 2.75) is 39.0 Å². The molecule has 148 valence electrons. The fraction of sp³-hybridized carbons (Fsp3) is 0.391. The lowest BCUT2D eigenvalue weighted by molar-refractivity contribution is -0.121.